The predicted molar refractivity (Wildman–Crippen MR) is 153 cm³/mol. The van der Waals surface area contributed by atoms with Crippen LogP contribution in [0.25, 0.3) is 0 Å². The summed E-state index contributed by atoms with van der Waals surface area (Å²) in [4.78, 5) is 0. The summed E-state index contributed by atoms with van der Waals surface area (Å²) in [6, 6.07) is 0. The smallest absolute Gasteiger partial charge is 0.0978 e. The largest absolute Gasteiger partial charge is 0.212 e. The molecule has 0 aliphatic rings. The zero-order valence-corrected chi connectivity index (χ0v) is 31.1. The van der Waals surface area contributed by atoms with Crippen LogP contribution in [0.4, 0.5) is 0 Å². The normalized spacial score (nSPS) is 15.8. The molecule has 0 spiro atoms. The lowest BCUT2D eigenvalue weighted by molar-refractivity contribution is 0.199. The van der Waals surface area contributed by atoms with E-state index in [1.54, 1.807) is 0 Å². The molecule has 0 aliphatic carbocycles. The van der Waals surface area contributed by atoms with Gasteiger partial charge in [0, 0.05) is 0 Å². The molecule has 0 nitrogen and oxygen atoms in total. The quantitative estimate of drug-likeness (QED) is 0.366. The van der Waals surface area contributed by atoms with Gasteiger partial charge >= 0.3 is 0 Å². The summed E-state index contributed by atoms with van der Waals surface area (Å²) in [6.45, 7) is 35.3. The minimum absolute atomic E-state index is 0.524. The lowest BCUT2D eigenvalue weighted by Gasteiger charge is -2.33. The van der Waals surface area contributed by atoms with Gasteiger partial charge in [-0.25, -0.2) is 0 Å². The first kappa shape index (κ1) is 36.2. The van der Waals surface area contributed by atoms with Crippen molar-refractivity contribution in [2.24, 2.45) is 51.8 Å². The number of hydrogen-bond donors (Lipinski definition) is 0. The molecule has 0 N–H and O–H groups in total. The van der Waals surface area contributed by atoms with Gasteiger partial charge in [-0.2, -0.15) is 0 Å². The Bertz CT molecular complexity index is 330. The van der Waals surface area contributed by atoms with E-state index in [1.807, 2.05) is 0 Å². The zero-order valence-electron chi connectivity index (χ0n) is 25.1. The van der Waals surface area contributed by atoms with Crippen molar-refractivity contribution >= 4 is 48.9 Å². The van der Waals surface area contributed by atoms with E-state index in [9.17, 15) is 0 Å². The molecule has 0 rings (SSSR count). The zero-order chi connectivity index (χ0) is 25.1. The van der Waals surface area contributed by atoms with Gasteiger partial charge in [0.15, 0.2) is 0 Å². The highest BCUT2D eigenvalue weighted by Crippen LogP contribution is 2.35. The Balaban J connectivity index is -0.000000364. The fraction of sp³-hybridized carbons (Fsp3) is 1.00. The summed E-state index contributed by atoms with van der Waals surface area (Å²) >= 11 is 4.05. The number of hydrogen-bond acceptors (Lipinski definition) is 0. The third-order valence-electron chi connectivity index (χ3n) is 7.07. The van der Waals surface area contributed by atoms with Gasteiger partial charge in [0.25, 0.3) is 0 Å². The highest BCUT2D eigenvalue weighted by atomic mass is 27.1. The van der Waals surface area contributed by atoms with Crippen LogP contribution in [0.2, 0.25) is 15.8 Å². The fourth-order valence-electron chi connectivity index (χ4n) is 6.25. The summed E-state index contributed by atoms with van der Waals surface area (Å²) in [5, 5.41) is 4.34. The molecule has 0 saturated heterocycles. The summed E-state index contributed by atoms with van der Waals surface area (Å²) in [5.74, 6) is 5.37. The van der Waals surface area contributed by atoms with Crippen molar-refractivity contribution < 1.29 is 0 Å². The molecule has 0 aromatic carbocycles. The molecule has 0 aromatic rings. The summed E-state index contributed by atoms with van der Waals surface area (Å²) in [6.07, 6.45) is 0. The van der Waals surface area contributed by atoms with Crippen molar-refractivity contribution in [3.05, 3.63) is 0 Å². The Morgan fingerprint density at radius 1 is 0.400 bits per heavy atom. The van der Waals surface area contributed by atoms with Crippen molar-refractivity contribution in [2.75, 3.05) is 0 Å². The molecule has 0 saturated carbocycles. The molecule has 0 fully saturated rings. The lowest BCUT2D eigenvalue weighted by atomic mass is 9.75. The second-order valence-corrected chi connectivity index (χ2v) is 16.3. The molecule has 30 heavy (non-hydrogen) atoms. The number of rotatable bonds is 6. The van der Waals surface area contributed by atoms with Crippen LogP contribution in [0.1, 0.15) is 104 Å². The van der Waals surface area contributed by atoms with E-state index >= 15 is 0 Å². The van der Waals surface area contributed by atoms with Crippen molar-refractivity contribution in [3.8, 4) is 0 Å². The Kier molecular flexibility index (Phi) is 19.6. The van der Waals surface area contributed by atoms with Gasteiger partial charge in [-0.1, -0.05) is 120 Å². The topological polar surface area (TPSA) is 0 Å². The standard InChI is InChI=1S/3C9H19.3Al.6H/c3*1-7(2)8(3)9(4,5)6;;;;;;;;;/h3*7-8H,3H2,1-2,4-6H3;;;;;;;;;. The Hall–Kier alpha value is 1.60. The van der Waals surface area contributed by atoms with Crippen molar-refractivity contribution in [2.45, 2.75) is 120 Å². The van der Waals surface area contributed by atoms with Crippen LogP contribution >= 0.6 is 0 Å². The minimum Gasteiger partial charge on any atom is -0.0978 e. The third kappa shape index (κ3) is 17.1. The first-order valence-electron chi connectivity index (χ1n) is 13.2. The molecule has 0 radical (unpaired) electrons. The van der Waals surface area contributed by atoms with Crippen LogP contribution in [-0.4, -0.2) is 48.9 Å². The molecule has 0 aromatic heterocycles. The van der Waals surface area contributed by atoms with Gasteiger partial charge in [0.05, 0.1) is 0 Å². The maximum absolute atomic E-state index is 2.36. The van der Waals surface area contributed by atoms with E-state index < -0.39 is 0 Å². The maximum Gasteiger partial charge on any atom is 0.212 e. The minimum atomic E-state index is 0.524. The molecular weight excluding hydrogens is 405 g/mol. The van der Waals surface area contributed by atoms with Gasteiger partial charge in [0.2, 0.25) is 48.9 Å². The summed E-state index contributed by atoms with van der Waals surface area (Å²) in [7, 11) is 0. The first-order valence-corrected chi connectivity index (χ1v) is 17.4. The SMILES string of the molecule is CC(C)C([CH2][AlH2])C(C)(C)C.CC(C)C([CH2][AlH2])C(C)(C)C.CC(C)C([CH2][AlH2])C(C)(C)C. The van der Waals surface area contributed by atoms with Gasteiger partial charge in [-0.05, 0) is 51.8 Å². The average Bonchev–Trinajstić information content (AvgIpc) is 2.44. The molecule has 0 heterocycles. The van der Waals surface area contributed by atoms with Crippen LogP contribution in [0.5, 0.6) is 0 Å². The van der Waals surface area contributed by atoms with Gasteiger partial charge < -0.3 is 0 Å². The molecule has 3 atom stereocenters. The molecule has 0 bridgehead atoms. The van der Waals surface area contributed by atoms with E-state index in [1.165, 1.54) is 64.7 Å². The third-order valence-corrected chi connectivity index (χ3v) is 9.71. The van der Waals surface area contributed by atoms with Crippen molar-refractivity contribution in [1.82, 2.24) is 0 Å². The van der Waals surface area contributed by atoms with Crippen molar-refractivity contribution in [1.29, 1.82) is 0 Å². The summed E-state index contributed by atoms with van der Waals surface area (Å²) in [5.41, 5.74) is 1.57. The Morgan fingerprint density at radius 3 is 0.533 bits per heavy atom. The van der Waals surface area contributed by atoms with Crippen LogP contribution in [0.15, 0.2) is 0 Å². The van der Waals surface area contributed by atoms with E-state index in [4.69, 9.17) is 0 Å². The Morgan fingerprint density at radius 2 is 0.533 bits per heavy atom. The van der Waals surface area contributed by atoms with E-state index in [-0.39, 0.29) is 0 Å². The van der Waals surface area contributed by atoms with E-state index in [0.717, 1.165) is 35.5 Å². The second kappa shape index (κ2) is 16.3. The van der Waals surface area contributed by atoms with Gasteiger partial charge in [0.1, 0.15) is 0 Å². The lowest BCUT2D eigenvalue weighted by Crippen LogP contribution is -2.24. The van der Waals surface area contributed by atoms with Crippen LogP contribution in [0.3, 0.4) is 0 Å². The van der Waals surface area contributed by atoms with Gasteiger partial charge in [-0.15, -0.1) is 0 Å². The molecule has 3 heteroatoms. The first-order chi connectivity index (χ1) is 13.2. The summed E-state index contributed by atoms with van der Waals surface area (Å²) < 4.78 is 0. The predicted octanol–water partition coefficient (Wildman–Crippen LogP) is 7.07. The molecular formula is C27H63Al3. The molecule has 3 unspecified atom stereocenters. The van der Waals surface area contributed by atoms with E-state index in [2.05, 4.69) is 104 Å². The monoisotopic (exact) mass is 468 g/mol. The van der Waals surface area contributed by atoms with E-state index in [0.29, 0.717) is 16.2 Å². The molecule has 0 amide bonds. The highest BCUT2D eigenvalue weighted by Gasteiger charge is 2.26. The van der Waals surface area contributed by atoms with Gasteiger partial charge in [-0.3, -0.25) is 0 Å². The molecule has 180 valence electrons. The van der Waals surface area contributed by atoms with Crippen LogP contribution in [0, 0.1) is 51.8 Å². The van der Waals surface area contributed by atoms with Crippen LogP contribution < -0.4 is 0 Å². The fourth-order valence-corrected chi connectivity index (χ4v) is 12.8. The molecule has 0 aliphatic heterocycles. The van der Waals surface area contributed by atoms with Crippen molar-refractivity contribution in [3.63, 3.8) is 0 Å². The highest BCUT2D eigenvalue weighted by molar-refractivity contribution is 6.09. The Labute approximate surface area is 219 Å². The maximum atomic E-state index is 2.36. The average molecular weight is 469 g/mol. The van der Waals surface area contributed by atoms with Crippen LogP contribution in [-0.2, 0) is 0 Å². The second-order valence-electron chi connectivity index (χ2n) is 13.9.